The molecule has 138 valence electrons. The zero-order valence-corrected chi connectivity index (χ0v) is 17.2. The number of guanidine groups is 1. The predicted octanol–water partition coefficient (Wildman–Crippen LogP) is 3.73. The Morgan fingerprint density at radius 1 is 1.24 bits per heavy atom. The molecule has 2 heterocycles. The van der Waals surface area contributed by atoms with Crippen molar-refractivity contribution in [1.82, 2.24) is 15.6 Å². The fourth-order valence-corrected chi connectivity index (χ4v) is 2.08. The van der Waals surface area contributed by atoms with Gasteiger partial charge in [0.2, 0.25) is 5.88 Å². The first kappa shape index (κ1) is 21.3. The molecule has 0 saturated heterocycles. The van der Waals surface area contributed by atoms with E-state index >= 15 is 0 Å². The molecule has 2 N–H and O–H groups in total. The minimum Gasteiger partial charge on any atom is -0.477 e. The largest absolute Gasteiger partial charge is 0.477 e. The van der Waals surface area contributed by atoms with Gasteiger partial charge in [0.15, 0.2) is 5.96 Å². The lowest BCUT2D eigenvalue weighted by molar-refractivity contribution is 0.294. The van der Waals surface area contributed by atoms with Crippen LogP contribution in [0, 0.1) is 0 Å². The fraction of sp³-hybridized carbons (Fsp3) is 0.444. The van der Waals surface area contributed by atoms with Crippen LogP contribution in [0.1, 0.15) is 38.0 Å². The lowest BCUT2D eigenvalue weighted by Gasteiger charge is -2.11. The molecule has 0 aliphatic rings. The van der Waals surface area contributed by atoms with Crippen molar-refractivity contribution in [2.75, 3.05) is 13.2 Å². The number of hydrogen-bond donors (Lipinski definition) is 2. The Morgan fingerprint density at radius 2 is 2.12 bits per heavy atom. The average Bonchev–Trinajstić information content (AvgIpc) is 3.12. The second-order valence-corrected chi connectivity index (χ2v) is 5.30. The number of ether oxygens (including phenoxy) is 1. The van der Waals surface area contributed by atoms with Crippen LogP contribution in [-0.4, -0.2) is 24.1 Å². The van der Waals surface area contributed by atoms with Crippen molar-refractivity contribution in [3.63, 3.8) is 0 Å². The summed E-state index contributed by atoms with van der Waals surface area (Å²) in [4.78, 5) is 8.92. The zero-order valence-electron chi connectivity index (χ0n) is 14.8. The molecule has 6 nitrogen and oxygen atoms in total. The maximum atomic E-state index is 5.75. The maximum absolute atomic E-state index is 5.75. The fourth-order valence-electron chi connectivity index (χ4n) is 2.08. The van der Waals surface area contributed by atoms with Gasteiger partial charge in [0.1, 0.15) is 5.76 Å². The second kappa shape index (κ2) is 12.6. The molecule has 0 aliphatic carbocycles. The van der Waals surface area contributed by atoms with Gasteiger partial charge in [-0.25, -0.2) is 9.98 Å². The Labute approximate surface area is 166 Å². The van der Waals surface area contributed by atoms with Gasteiger partial charge < -0.3 is 19.8 Å². The second-order valence-electron chi connectivity index (χ2n) is 5.30. The molecule has 0 fully saturated rings. The molecule has 7 heteroatoms. The molecule has 25 heavy (non-hydrogen) atoms. The molecule has 2 rings (SSSR count). The summed E-state index contributed by atoms with van der Waals surface area (Å²) >= 11 is 0. The van der Waals surface area contributed by atoms with Crippen LogP contribution in [-0.2, 0) is 13.1 Å². The van der Waals surface area contributed by atoms with Crippen LogP contribution < -0.4 is 15.4 Å². The number of rotatable bonds is 9. The molecular formula is C18H27IN4O2. The number of nitrogens with one attached hydrogen (secondary N) is 2. The molecule has 2 aromatic rings. The number of halogens is 1. The number of furan rings is 1. The molecule has 0 aliphatic heterocycles. The summed E-state index contributed by atoms with van der Waals surface area (Å²) in [6.45, 7) is 6.74. The number of aromatic nitrogens is 1. The van der Waals surface area contributed by atoms with Gasteiger partial charge in [-0.1, -0.05) is 19.4 Å². The van der Waals surface area contributed by atoms with E-state index < -0.39 is 0 Å². The first-order valence-corrected chi connectivity index (χ1v) is 8.44. The van der Waals surface area contributed by atoms with E-state index in [1.807, 2.05) is 31.2 Å². The summed E-state index contributed by atoms with van der Waals surface area (Å²) in [5.41, 5.74) is 0.976. The highest BCUT2D eigenvalue weighted by atomic mass is 127. The highest BCUT2D eigenvalue weighted by molar-refractivity contribution is 14.0. The van der Waals surface area contributed by atoms with E-state index in [1.54, 1.807) is 12.5 Å². The van der Waals surface area contributed by atoms with E-state index in [1.165, 1.54) is 0 Å². The quantitative estimate of drug-likeness (QED) is 0.259. The Morgan fingerprint density at radius 3 is 2.84 bits per heavy atom. The van der Waals surface area contributed by atoms with Gasteiger partial charge in [-0.15, -0.1) is 24.0 Å². The van der Waals surface area contributed by atoms with Crippen LogP contribution >= 0.6 is 24.0 Å². The summed E-state index contributed by atoms with van der Waals surface area (Å²) < 4.78 is 11.1. The van der Waals surface area contributed by atoms with Crippen molar-refractivity contribution in [2.45, 2.75) is 39.8 Å². The zero-order chi connectivity index (χ0) is 17.0. The normalized spacial score (nSPS) is 10.9. The number of nitrogens with zero attached hydrogens (tertiary/aromatic N) is 2. The highest BCUT2D eigenvalue weighted by Gasteiger charge is 2.05. The molecular weight excluding hydrogens is 431 g/mol. The maximum Gasteiger partial charge on any atom is 0.218 e. The first-order valence-electron chi connectivity index (χ1n) is 8.44. The summed E-state index contributed by atoms with van der Waals surface area (Å²) in [6.07, 6.45) is 5.53. The van der Waals surface area contributed by atoms with Crippen molar-refractivity contribution in [1.29, 1.82) is 0 Å². The minimum atomic E-state index is 0. The SMILES string of the molecule is CCCCOc1ncccc1CN=C(NCC)NCc1ccco1.I. The van der Waals surface area contributed by atoms with Crippen molar-refractivity contribution in [2.24, 2.45) is 4.99 Å². The molecule has 0 unspecified atom stereocenters. The van der Waals surface area contributed by atoms with E-state index in [-0.39, 0.29) is 24.0 Å². The molecule has 0 aromatic carbocycles. The predicted molar refractivity (Wildman–Crippen MR) is 110 cm³/mol. The summed E-state index contributed by atoms with van der Waals surface area (Å²) in [6, 6.07) is 7.70. The van der Waals surface area contributed by atoms with E-state index in [0.717, 1.165) is 36.7 Å². The van der Waals surface area contributed by atoms with E-state index in [2.05, 4.69) is 27.5 Å². The van der Waals surface area contributed by atoms with Crippen molar-refractivity contribution in [3.05, 3.63) is 48.0 Å². The lowest BCUT2D eigenvalue weighted by atomic mass is 10.2. The monoisotopic (exact) mass is 458 g/mol. The minimum absolute atomic E-state index is 0. The standard InChI is InChI=1S/C18H26N4O2.HI/c1-3-5-11-24-17-15(8-6-10-20-17)13-21-18(19-4-2)22-14-16-9-7-12-23-16;/h6-10,12H,3-5,11,13-14H2,1-2H3,(H2,19,21,22);1H. The Balaban J connectivity index is 0.00000312. The molecule has 0 spiro atoms. The van der Waals surface area contributed by atoms with Gasteiger partial charge in [-0.3, -0.25) is 0 Å². The van der Waals surface area contributed by atoms with Gasteiger partial charge >= 0.3 is 0 Å². The summed E-state index contributed by atoms with van der Waals surface area (Å²) in [5, 5.41) is 6.47. The van der Waals surface area contributed by atoms with Crippen LogP contribution in [0.4, 0.5) is 0 Å². The van der Waals surface area contributed by atoms with Crippen LogP contribution in [0.25, 0.3) is 0 Å². The third kappa shape index (κ3) is 7.76. The van der Waals surface area contributed by atoms with Gasteiger partial charge in [-0.2, -0.15) is 0 Å². The van der Waals surface area contributed by atoms with Gasteiger partial charge in [0.05, 0.1) is 26.0 Å². The molecule has 0 atom stereocenters. The van der Waals surface area contributed by atoms with Crippen molar-refractivity contribution < 1.29 is 9.15 Å². The van der Waals surface area contributed by atoms with Crippen molar-refractivity contribution >= 4 is 29.9 Å². The summed E-state index contributed by atoms with van der Waals surface area (Å²) in [7, 11) is 0. The lowest BCUT2D eigenvalue weighted by Crippen LogP contribution is -2.36. The topological polar surface area (TPSA) is 71.7 Å². The molecule has 0 saturated carbocycles. The van der Waals surface area contributed by atoms with E-state index in [0.29, 0.717) is 25.6 Å². The number of aliphatic imine (C=N–C) groups is 1. The Kier molecular flexibility index (Phi) is 10.7. The Hall–Kier alpha value is -1.77. The first-order chi connectivity index (χ1) is 11.8. The Bertz CT molecular complexity index is 617. The van der Waals surface area contributed by atoms with Crippen LogP contribution in [0.2, 0.25) is 0 Å². The summed E-state index contributed by atoms with van der Waals surface area (Å²) in [5.74, 6) is 2.26. The van der Waals surface area contributed by atoms with E-state index in [4.69, 9.17) is 9.15 Å². The van der Waals surface area contributed by atoms with Crippen LogP contribution in [0.3, 0.4) is 0 Å². The molecule has 0 amide bonds. The van der Waals surface area contributed by atoms with Crippen molar-refractivity contribution in [3.8, 4) is 5.88 Å². The molecule has 0 radical (unpaired) electrons. The molecule has 0 bridgehead atoms. The van der Waals surface area contributed by atoms with Crippen LogP contribution in [0.15, 0.2) is 46.1 Å². The van der Waals surface area contributed by atoms with Gasteiger partial charge in [0, 0.05) is 18.3 Å². The number of pyridine rings is 1. The third-order valence-corrected chi connectivity index (χ3v) is 3.35. The van der Waals surface area contributed by atoms with Gasteiger partial charge in [-0.05, 0) is 31.5 Å². The number of hydrogen-bond acceptors (Lipinski definition) is 4. The van der Waals surface area contributed by atoms with Crippen LogP contribution in [0.5, 0.6) is 5.88 Å². The third-order valence-electron chi connectivity index (χ3n) is 3.35. The number of unbranched alkanes of at least 4 members (excludes halogenated alkanes) is 1. The molecule has 2 aromatic heterocycles. The average molecular weight is 458 g/mol. The van der Waals surface area contributed by atoms with Gasteiger partial charge in [0.25, 0.3) is 0 Å². The smallest absolute Gasteiger partial charge is 0.218 e. The van der Waals surface area contributed by atoms with E-state index in [9.17, 15) is 0 Å². The highest BCUT2D eigenvalue weighted by Crippen LogP contribution is 2.15.